The van der Waals surface area contributed by atoms with E-state index < -0.39 is 0 Å². The molecule has 0 aliphatic carbocycles. The minimum atomic E-state index is 0.529. The van der Waals surface area contributed by atoms with E-state index in [2.05, 4.69) is 0 Å². The fraction of sp³-hybridized carbons (Fsp3) is 0.0714. The average molecular weight is 281 g/mol. The number of aldehydes is 1. The summed E-state index contributed by atoms with van der Waals surface area (Å²) in [6, 6.07) is 10.5. The first kappa shape index (κ1) is 12.9. The van der Waals surface area contributed by atoms with Crippen LogP contribution in [0.5, 0.6) is 5.75 Å². The van der Waals surface area contributed by atoms with Crippen molar-refractivity contribution in [3.63, 3.8) is 0 Å². The highest BCUT2D eigenvalue weighted by Crippen LogP contribution is 2.32. The summed E-state index contributed by atoms with van der Waals surface area (Å²) in [4.78, 5) is 11.1. The Morgan fingerprint density at radius 1 is 1.11 bits per heavy atom. The zero-order chi connectivity index (χ0) is 13.1. The third kappa shape index (κ3) is 2.50. The maximum atomic E-state index is 11.1. The number of rotatable bonds is 3. The van der Waals surface area contributed by atoms with Gasteiger partial charge in [-0.15, -0.1) is 0 Å². The highest BCUT2D eigenvalue weighted by atomic mass is 35.5. The number of halogens is 2. The topological polar surface area (TPSA) is 26.3 Å². The third-order valence-corrected chi connectivity index (χ3v) is 3.15. The molecular formula is C14H10Cl2O2. The normalized spacial score (nSPS) is 10.2. The molecule has 0 aromatic heterocycles. The van der Waals surface area contributed by atoms with E-state index in [0.717, 1.165) is 17.4 Å². The van der Waals surface area contributed by atoms with Gasteiger partial charge < -0.3 is 4.74 Å². The fourth-order valence-electron chi connectivity index (χ4n) is 1.72. The zero-order valence-corrected chi connectivity index (χ0v) is 11.1. The van der Waals surface area contributed by atoms with Crippen LogP contribution < -0.4 is 4.74 Å². The molecule has 0 heterocycles. The summed E-state index contributed by atoms with van der Waals surface area (Å²) in [5.41, 5.74) is 2.19. The van der Waals surface area contributed by atoms with E-state index in [-0.39, 0.29) is 0 Å². The van der Waals surface area contributed by atoms with Crippen molar-refractivity contribution in [2.45, 2.75) is 0 Å². The number of benzene rings is 2. The molecule has 0 saturated carbocycles. The minimum absolute atomic E-state index is 0.529. The molecule has 0 aliphatic rings. The first-order chi connectivity index (χ1) is 8.65. The summed E-state index contributed by atoms with van der Waals surface area (Å²) < 4.78 is 5.16. The van der Waals surface area contributed by atoms with Crippen LogP contribution in [0, 0.1) is 0 Å². The fourth-order valence-corrected chi connectivity index (χ4v) is 2.10. The van der Waals surface area contributed by atoms with Crippen LogP contribution in [-0.2, 0) is 0 Å². The molecule has 2 nitrogen and oxygen atoms in total. The molecule has 4 heteroatoms. The van der Waals surface area contributed by atoms with E-state index in [1.54, 1.807) is 37.4 Å². The third-order valence-electron chi connectivity index (χ3n) is 2.60. The maximum absolute atomic E-state index is 11.1. The van der Waals surface area contributed by atoms with Crippen molar-refractivity contribution < 1.29 is 9.53 Å². The van der Waals surface area contributed by atoms with Crippen LogP contribution in [0.15, 0.2) is 36.4 Å². The van der Waals surface area contributed by atoms with Crippen LogP contribution >= 0.6 is 23.2 Å². The van der Waals surface area contributed by atoms with Crippen molar-refractivity contribution in [2.75, 3.05) is 7.11 Å². The predicted octanol–water partition coefficient (Wildman–Crippen LogP) is 4.48. The molecule has 0 fully saturated rings. The molecule has 0 amide bonds. The Bertz CT molecular complexity index is 594. The Hall–Kier alpha value is -1.51. The Balaban J connectivity index is 2.58. The van der Waals surface area contributed by atoms with E-state index in [1.165, 1.54) is 0 Å². The number of carbonyl (C=O) groups is 1. The molecule has 2 rings (SSSR count). The molecule has 0 spiro atoms. The second kappa shape index (κ2) is 5.42. The Morgan fingerprint density at radius 3 is 2.56 bits per heavy atom. The van der Waals surface area contributed by atoms with Crippen LogP contribution in [0.3, 0.4) is 0 Å². The molecule has 0 radical (unpaired) electrons. The molecule has 2 aromatic carbocycles. The number of hydrogen-bond donors (Lipinski definition) is 0. The molecule has 92 valence electrons. The molecule has 0 bridgehead atoms. The van der Waals surface area contributed by atoms with Gasteiger partial charge in [0.05, 0.1) is 12.1 Å². The summed E-state index contributed by atoms with van der Waals surface area (Å²) in [5, 5.41) is 1.06. The van der Waals surface area contributed by atoms with Crippen molar-refractivity contribution in [3.8, 4) is 16.9 Å². The van der Waals surface area contributed by atoms with Crippen molar-refractivity contribution in [1.82, 2.24) is 0 Å². The van der Waals surface area contributed by atoms with Gasteiger partial charge in [0.2, 0.25) is 0 Å². The first-order valence-corrected chi connectivity index (χ1v) is 6.00. The molecule has 0 saturated heterocycles. The van der Waals surface area contributed by atoms with E-state index in [4.69, 9.17) is 27.9 Å². The quantitative estimate of drug-likeness (QED) is 0.775. The van der Waals surface area contributed by atoms with Gasteiger partial charge in [-0.05, 0) is 35.4 Å². The Kier molecular flexibility index (Phi) is 3.90. The lowest BCUT2D eigenvalue weighted by Crippen LogP contribution is -1.90. The summed E-state index contributed by atoms with van der Waals surface area (Å²) in [5.74, 6) is 0.570. The summed E-state index contributed by atoms with van der Waals surface area (Å²) in [6.45, 7) is 0. The van der Waals surface area contributed by atoms with E-state index >= 15 is 0 Å². The van der Waals surface area contributed by atoms with Crippen molar-refractivity contribution >= 4 is 29.5 Å². The smallest absolute Gasteiger partial charge is 0.150 e. The van der Waals surface area contributed by atoms with Gasteiger partial charge in [-0.25, -0.2) is 0 Å². The molecule has 0 unspecified atom stereocenters. The molecule has 0 aliphatic heterocycles. The van der Waals surface area contributed by atoms with Crippen LogP contribution in [0.4, 0.5) is 0 Å². The monoisotopic (exact) mass is 280 g/mol. The average Bonchev–Trinajstić information content (AvgIpc) is 2.39. The van der Waals surface area contributed by atoms with Gasteiger partial charge >= 0.3 is 0 Å². The standard InChI is InChI=1S/C14H10Cl2O2/c1-18-14-7-9(2-5-13(14)16)12-4-3-11(15)6-10(12)8-17/h2-8H,1H3. The van der Waals surface area contributed by atoms with E-state index in [0.29, 0.717) is 21.4 Å². The van der Waals surface area contributed by atoms with E-state index in [1.807, 2.05) is 6.07 Å². The molecular weight excluding hydrogens is 271 g/mol. The van der Waals surface area contributed by atoms with Gasteiger partial charge in [0, 0.05) is 10.6 Å². The van der Waals surface area contributed by atoms with Crippen molar-refractivity contribution in [3.05, 3.63) is 52.0 Å². The SMILES string of the molecule is COc1cc(-c2ccc(Cl)cc2C=O)ccc1Cl. The molecule has 2 aromatic rings. The van der Waals surface area contributed by atoms with Gasteiger partial charge in [0.25, 0.3) is 0 Å². The maximum Gasteiger partial charge on any atom is 0.150 e. The highest BCUT2D eigenvalue weighted by molar-refractivity contribution is 6.32. The summed E-state index contributed by atoms with van der Waals surface area (Å²) in [7, 11) is 1.55. The number of ether oxygens (including phenoxy) is 1. The number of hydrogen-bond acceptors (Lipinski definition) is 2. The summed E-state index contributed by atoms with van der Waals surface area (Å²) >= 11 is 11.8. The molecule has 18 heavy (non-hydrogen) atoms. The van der Waals surface area contributed by atoms with Gasteiger partial charge in [-0.2, -0.15) is 0 Å². The minimum Gasteiger partial charge on any atom is -0.495 e. The predicted molar refractivity (Wildman–Crippen MR) is 73.8 cm³/mol. The van der Waals surface area contributed by atoms with Gasteiger partial charge in [0.1, 0.15) is 5.75 Å². The first-order valence-electron chi connectivity index (χ1n) is 5.24. The Morgan fingerprint density at radius 2 is 1.89 bits per heavy atom. The lowest BCUT2D eigenvalue weighted by Gasteiger charge is -2.09. The number of carbonyl (C=O) groups excluding carboxylic acids is 1. The summed E-state index contributed by atoms with van der Waals surface area (Å²) in [6.07, 6.45) is 0.780. The van der Waals surface area contributed by atoms with E-state index in [9.17, 15) is 4.79 Å². The van der Waals surface area contributed by atoms with Gasteiger partial charge in [-0.1, -0.05) is 35.3 Å². The Labute approximate surface area is 115 Å². The molecule has 0 N–H and O–H groups in total. The van der Waals surface area contributed by atoms with Gasteiger partial charge in [-0.3, -0.25) is 4.79 Å². The van der Waals surface area contributed by atoms with Crippen LogP contribution in [0.1, 0.15) is 10.4 Å². The largest absolute Gasteiger partial charge is 0.495 e. The highest BCUT2D eigenvalue weighted by Gasteiger charge is 2.08. The number of methoxy groups -OCH3 is 1. The van der Waals surface area contributed by atoms with Crippen molar-refractivity contribution in [1.29, 1.82) is 0 Å². The van der Waals surface area contributed by atoms with Crippen molar-refractivity contribution in [2.24, 2.45) is 0 Å². The molecule has 0 atom stereocenters. The van der Waals surface area contributed by atoms with Crippen LogP contribution in [-0.4, -0.2) is 13.4 Å². The second-order valence-corrected chi connectivity index (χ2v) is 4.54. The zero-order valence-electron chi connectivity index (χ0n) is 9.61. The van der Waals surface area contributed by atoms with Crippen LogP contribution in [0.25, 0.3) is 11.1 Å². The lowest BCUT2D eigenvalue weighted by atomic mass is 10.0. The van der Waals surface area contributed by atoms with Crippen LogP contribution in [0.2, 0.25) is 10.0 Å². The lowest BCUT2D eigenvalue weighted by molar-refractivity contribution is 0.112. The van der Waals surface area contributed by atoms with Gasteiger partial charge in [0.15, 0.2) is 6.29 Å². The second-order valence-electron chi connectivity index (χ2n) is 3.70.